The van der Waals surface area contributed by atoms with E-state index in [-0.39, 0.29) is 0 Å². The van der Waals surface area contributed by atoms with Gasteiger partial charge in [0, 0.05) is 6.42 Å². The lowest BCUT2D eigenvalue weighted by Crippen LogP contribution is -2.12. The zero-order chi connectivity index (χ0) is 23.5. The second-order valence-electron chi connectivity index (χ2n) is 9.22. The van der Waals surface area contributed by atoms with Crippen LogP contribution in [0.15, 0.2) is 12.2 Å². The van der Waals surface area contributed by atoms with E-state index in [1.165, 1.54) is 116 Å². The zero-order valence-corrected chi connectivity index (χ0v) is 21.1. The third-order valence-corrected chi connectivity index (χ3v) is 6.00. The lowest BCUT2D eigenvalue weighted by atomic mass is 10.0. The van der Waals surface area contributed by atoms with E-state index in [2.05, 4.69) is 23.8 Å². The van der Waals surface area contributed by atoms with Crippen LogP contribution >= 0.6 is 0 Å². The Labute approximate surface area is 198 Å². The number of aliphatic carboxylic acids is 1. The fourth-order valence-electron chi connectivity index (χ4n) is 3.97. The SMILES string of the molecule is CCCCCCCCCC/C=C\CCCCCCCCCCCCCC(=O)OCC(=O)O. The Morgan fingerprint density at radius 1 is 0.594 bits per heavy atom. The molecule has 0 spiro atoms. The maximum Gasteiger partial charge on any atom is 0.341 e. The topological polar surface area (TPSA) is 63.6 Å². The van der Waals surface area contributed by atoms with Gasteiger partial charge in [-0.3, -0.25) is 4.79 Å². The lowest BCUT2D eigenvalue weighted by Gasteiger charge is -2.03. The highest BCUT2D eigenvalue weighted by Crippen LogP contribution is 2.13. The van der Waals surface area contributed by atoms with Crippen LogP contribution in [0.3, 0.4) is 0 Å². The molecule has 0 aliphatic carbocycles. The van der Waals surface area contributed by atoms with Crippen LogP contribution < -0.4 is 0 Å². The van der Waals surface area contributed by atoms with Crippen molar-refractivity contribution in [3.63, 3.8) is 0 Å². The third-order valence-electron chi connectivity index (χ3n) is 6.00. The Morgan fingerprint density at radius 3 is 1.38 bits per heavy atom. The molecule has 32 heavy (non-hydrogen) atoms. The minimum atomic E-state index is -1.10. The molecule has 4 heteroatoms. The van der Waals surface area contributed by atoms with Crippen LogP contribution in [0.25, 0.3) is 0 Å². The summed E-state index contributed by atoms with van der Waals surface area (Å²) in [6.45, 7) is 1.76. The largest absolute Gasteiger partial charge is 0.479 e. The first kappa shape index (κ1) is 30.7. The quantitative estimate of drug-likeness (QED) is 0.0854. The van der Waals surface area contributed by atoms with Crippen LogP contribution in [0.2, 0.25) is 0 Å². The molecule has 0 heterocycles. The van der Waals surface area contributed by atoms with Crippen LogP contribution in [0.5, 0.6) is 0 Å². The van der Waals surface area contributed by atoms with E-state index in [0.717, 1.165) is 19.3 Å². The van der Waals surface area contributed by atoms with Crippen LogP contribution in [-0.2, 0) is 14.3 Å². The van der Waals surface area contributed by atoms with Crippen molar-refractivity contribution in [1.82, 2.24) is 0 Å². The van der Waals surface area contributed by atoms with Crippen molar-refractivity contribution in [2.75, 3.05) is 6.61 Å². The van der Waals surface area contributed by atoms with Crippen molar-refractivity contribution in [3.05, 3.63) is 12.2 Å². The van der Waals surface area contributed by atoms with Crippen molar-refractivity contribution in [2.45, 2.75) is 148 Å². The van der Waals surface area contributed by atoms with E-state index in [1.54, 1.807) is 0 Å². The summed E-state index contributed by atoms with van der Waals surface area (Å²) in [6, 6.07) is 0. The molecule has 0 aromatic heterocycles. The monoisotopic (exact) mass is 452 g/mol. The Hall–Kier alpha value is -1.32. The summed E-state index contributed by atoms with van der Waals surface area (Å²) in [7, 11) is 0. The minimum Gasteiger partial charge on any atom is -0.479 e. The van der Waals surface area contributed by atoms with Gasteiger partial charge >= 0.3 is 11.9 Å². The normalized spacial score (nSPS) is 11.3. The van der Waals surface area contributed by atoms with Gasteiger partial charge in [-0.25, -0.2) is 4.79 Å². The van der Waals surface area contributed by atoms with E-state index in [1.807, 2.05) is 0 Å². The molecular weight excluding hydrogens is 400 g/mol. The lowest BCUT2D eigenvalue weighted by molar-refractivity contribution is -0.155. The van der Waals surface area contributed by atoms with E-state index < -0.39 is 18.5 Å². The van der Waals surface area contributed by atoms with Crippen molar-refractivity contribution >= 4 is 11.9 Å². The van der Waals surface area contributed by atoms with Gasteiger partial charge in [-0.15, -0.1) is 0 Å². The van der Waals surface area contributed by atoms with E-state index in [4.69, 9.17) is 5.11 Å². The average molecular weight is 453 g/mol. The molecule has 0 fully saturated rings. The molecule has 0 aliphatic heterocycles. The molecule has 0 atom stereocenters. The number of carbonyl (C=O) groups excluding carboxylic acids is 1. The number of hydrogen-bond donors (Lipinski definition) is 1. The summed E-state index contributed by atoms with van der Waals surface area (Å²) in [5, 5.41) is 8.44. The molecule has 0 saturated heterocycles. The second kappa shape index (κ2) is 25.9. The van der Waals surface area contributed by atoms with Crippen molar-refractivity contribution < 1.29 is 19.4 Å². The number of allylic oxidation sites excluding steroid dienone is 2. The molecule has 0 rings (SSSR count). The van der Waals surface area contributed by atoms with Gasteiger partial charge in [0.05, 0.1) is 0 Å². The second-order valence-corrected chi connectivity index (χ2v) is 9.22. The summed E-state index contributed by atoms with van der Waals surface area (Å²) in [6.07, 6.45) is 32.4. The van der Waals surface area contributed by atoms with Crippen LogP contribution in [0, 0.1) is 0 Å². The number of esters is 1. The molecule has 0 aliphatic rings. The van der Waals surface area contributed by atoms with Gasteiger partial charge in [-0.05, 0) is 32.1 Å². The molecule has 0 aromatic rings. The van der Waals surface area contributed by atoms with Crippen LogP contribution in [0.4, 0.5) is 0 Å². The first-order valence-electron chi connectivity index (χ1n) is 13.7. The molecule has 0 saturated carbocycles. The zero-order valence-electron chi connectivity index (χ0n) is 21.1. The number of carboxylic acids is 1. The average Bonchev–Trinajstić information content (AvgIpc) is 2.78. The summed E-state index contributed by atoms with van der Waals surface area (Å²) < 4.78 is 4.61. The Balaban J connectivity index is 3.15. The molecule has 0 unspecified atom stereocenters. The summed E-state index contributed by atoms with van der Waals surface area (Å²) in [4.78, 5) is 21.6. The fourth-order valence-corrected chi connectivity index (χ4v) is 3.97. The highest BCUT2D eigenvalue weighted by molar-refractivity contribution is 5.75. The third kappa shape index (κ3) is 26.7. The molecule has 4 nitrogen and oxygen atoms in total. The van der Waals surface area contributed by atoms with Gasteiger partial charge < -0.3 is 9.84 Å². The van der Waals surface area contributed by atoms with Crippen LogP contribution in [-0.4, -0.2) is 23.7 Å². The van der Waals surface area contributed by atoms with E-state index in [9.17, 15) is 9.59 Å². The number of hydrogen-bond acceptors (Lipinski definition) is 3. The number of carboxylic acid groups (broad SMARTS) is 1. The first-order valence-corrected chi connectivity index (χ1v) is 13.7. The van der Waals surface area contributed by atoms with E-state index >= 15 is 0 Å². The molecular formula is C28H52O4. The molecule has 1 N–H and O–H groups in total. The standard InChI is InChI=1S/C28H52O4/c1-2-3-4-5-6-7-8-9-10-11-12-13-14-15-16-17-18-19-20-21-22-23-24-25-28(31)32-26-27(29)30/h11-12H,2-10,13-26H2,1H3,(H,29,30)/b12-11-. The molecule has 0 radical (unpaired) electrons. The van der Waals surface area contributed by atoms with Gasteiger partial charge in [0.2, 0.25) is 0 Å². The minimum absolute atomic E-state index is 0.335. The Morgan fingerprint density at radius 2 is 0.969 bits per heavy atom. The molecule has 0 aromatic carbocycles. The predicted molar refractivity (Wildman–Crippen MR) is 135 cm³/mol. The number of unbranched alkanes of at least 4 members (excludes halogenated alkanes) is 19. The number of carbonyl (C=O) groups is 2. The van der Waals surface area contributed by atoms with Crippen LogP contribution in [0.1, 0.15) is 148 Å². The van der Waals surface area contributed by atoms with Crippen molar-refractivity contribution in [1.29, 1.82) is 0 Å². The van der Waals surface area contributed by atoms with Gasteiger partial charge in [-0.1, -0.05) is 122 Å². The highest BCUT2D eigenvalue weighted by Gasteiger charge is 2.05. The number of rotatable bonds is 25. The fraction of sp³-hybridized carbons (Fsp3) is 0.857. The van der Waals surface area contributed by atoms with Gasteiger partial charge in [0.25, 0.3) is 0 Å². The highest BCUT2D eigenvalue weighted by atomic mass is 16.5. The van der Waals surface area contributed by atoms with Crippen molar-refractivity contribution in [2.24, 2.45) is 0 Å². The van der Waals surface area contributed by atoms with Gasteiger partial charge in [0.15, 0.2) is 6.61 Å². The molecule has 0 bridgehead atoms. The number of ether oxygens (including phenoxy) is 1. The maximum absolute atomic E-state index is 11.3. The Bertz CT molecular complexity index is 445. The van der Waals surface area contributed by atoms with Gasteiger partial charge in [-0.2, -0.15) is 0 Å². The van der Waals surface area contributed by atoms with Gasteiger partial charge in [0.1, 0.15) is 0 Å². The van der Waals surface area contributed by atoms with Crippen molar-refractivity contribution in [3.8, 4) is 0 Å². The first-order chi connectivity index (χ1) is 15.7. The molecule has 0 amide bonds. The summed E-state index contributed by atoms with van der Waals surface area (Å²) in [5.74, 6) is -1.49. The molecule has 188 valence electrons. The predicted octanol–water partition coefficient (Wildman–Crippen LogP) is 8.77. The summed E-state index contributed by atoms with van der Waals surface area (Å²) in [5.41, 5.74) is 0. The smallest absolute Gasteiger partial charge is 0.341 e. The Kier molecular flexibility index (Phi) is 24.9. The summed E-state index contributed by atoms with van der Waals surface area (Å²) >= 11 is 0. The maximum atomic E-state index is 11.3. The van der Waals surface area contributed by atoms with E-state index in [0.29, 0.717) is 6.42 Å².